The molecule has 0 aromatic rings. The van der Waals surface area contributed by atoms with Gasteiger partial charge in [0, 0.05) is 6.04 Å². The largest absolute Gasteiger partial charge is 0.317 e. The van der Waals surface area contributed by atoms with Crippen LogP contribution in [0.2, 0.25) is 0 Å². The van der Waals surface area contributed by atoms with E-state index in [0.29, 0.717) is 11.5 Å². The van der Waals surface area contributed by atoms with Crippen LogP contribution < -0.4 is 5.32 Å². The number of nitrogens with one attached hydrogen (secondary N) is 1. The van der Waals surface area contributed by atoms with E-state index in [0.717, 1.165) is 0 Å². The molecule has 0 rings (SSSR count). The third-order valence-corrected chi connectivity index (χ3v) is 2.50. The van der Waals surface area contributed by atoms with Gasteiger partial charge in [0.05, 0.1) is 0 Å². The van der Waals surface area contributed by atoms with Crippen molar-refractivity contribution in [2.24, 2.45) is 5.41 Å². The lowest BCUT2D eigenvalue weighted by Gasteiger charge is -2.31. The Bertz CT molecular complexity index is 86.7. The fraction of sp³-hybridized carbons (Fsp3) is 1.00. The first-order valence-corrected chi connectivity index (χ1v) is 4.22. The van der Waals surface area contributed by atoms with Gasteiger partial charge in [-0.3, -0.25) is 0 Å². The molecule has 62 valence electrons. The molecule has 0 fully saturated rings. The molecule has 1 atom stereocenters. The molecular weight excluding hydrogens is 122 g/mol. The molecule has 0 aliphatic carbocycles. The van der Waals surface area contributed by atoms with Gasteiger partial charge >= 0.3 is 0 Å². The maximum absolute atomic E-state index is 3.29. The van der Waals surface area contributed by atoms with E-state index in [-0.39, 0.29) is 0 Å². The molecule has 1 unspecified atom stereocenters. The Morgan fingerprint density at radius 3 is 2.20 bits per heavy atom. The van der Waals surface area contributed by atoms with E-state index in [2.05, 4.69) is 33.0 Å². The molecular formula is C9H21N. The average molecular weight is 143 g/mol. The minimum atomic E-state index is 0.448. The van der Waals surface area contributed by atoms with Crippen molar-refractivity contribution >= 4 is 0 Å². The monoisotopic (exact) mass is 143 g/mol. The maximum atomic E-state index is 3.29. The summed E-state index contributed by atoms with van der Waals surface area (Å²) in [6, 6.07) is 0.618. The molecule has 0 aromatic carbocycles. The highest BCUT2D eigenvalue weighted by Crippen LogP contribution is 2.25. The van der Waals surface area contributed by atoms with E-state index >= 15 is 0 Å². The molecule has 0 bridgehead atoms. The highest BCUT2D eigenvalue weighted by atomic mass is 14.9. The standard InChI is InChI=1S/C9H21N/c1-6-7-9(3,4)8(2)10-5/h8,10H,6-7H2,1-5H3. The molecule has 1 N–H and O–H groups in total. The van der Waals surface area contributed by atoms with Crippen LogP contribution in [0.4, 0.5) is 0 Å². The van der Waals surface area contributed by atoms with E-state index in [1.54, 1.807) is 0 Å². The van der Waals surface area contributed by atoms with Crippen molar-refractivity contribution in [3.8, 4) is 0 Å². The van der Waals surface area contributed by atoms with Crippen molar-refractivity contribution in [3.63, 3.8) is 0 Å². The van der Waals surface area contributed by atoms with Crippen LogP contribution in [0.3, 0.4) is 0 Å². The molecule has 0 aliphatic rings. The molecule has 0 aliphatic heterocycles. The van der Waals surface area contributed by atoms with Gasteiger partial charge in [0.25, 0.3) is 0 Å². The Hall–Kier alpha value is -0.0400. The Labute approximate surface area is 65.2 Å². The van der Waals surface area contributed by atoms with Gasteiger partial charge in [-0.05, 0) is 25.8 Å². The lowest BCUT2D eigenvalue weighted by molar-refractivity contribution is 0.245. The molecule has 0 aromatic heterocycles. The predicted molar refractivity (Wildman–Crippen MR) is 47.2 cm³/mol. The first-order valence-electron chi connectivity index (χ1n) is 4.22. The highest BCUT2D eigenvalue weighted by Gasteiger charge is 2.22. The first-order chi connectivity index (χ1) is 4.54. The molecule has 0 saturated carbocycles. The van der Waals surface area contributed by atoms with Crippen LogP contribution >= 0.6 is 0 Å². The third kappa shape index (κ3) is 2.70. The van der Waals surface area contributed by atoms with Crippen molar-refractivity contribution in [3.05, 3.63) is 0 Å². The second-order valence-electron chi connectivity index (χ2n) is 3.75. The highest BCUT2D eigenvalue weighted by molar-refractivity contribution is 4.78. The van der Waals surface area contributed by atoms with Crippen LogP contribution in [0.15, 0.2) is 0 Å². The van der Waals surface area contributed by atoms with Crippen LogP contribution in [0.5, 0.6) is 0 Å². The third-order valence-electron chi connectivity index (χ3n) is 2.50. The molecule has 1 heteroatoms. The van der Waals surface area contributed by atoms with Gasteiger partial charge < -0.3 is 5.32 Å². The van der Waals surface area contributed by atoms with Crippen molar-refractivity contribution in [1.29, 1.82) is 0 Å². The quantitative estimate of drug-likeness (QED) is 0.637. The fourth-order valence-electron chi connectivity index (χ4n) is 1.25. The molecule has 0 spiro atoms. The van der Waals surface area contributed by atoms with Gasteiger partial charge in [0.1, 0.15) is 0 Å². The Balaban J connectivity index is 3.82. The van der Waals surface area contributed by atoms with Gasteiger partial charge in [-0.2, -0.15) is 0 Å². The molecule has 0 heterocycles. The number of hydrogen-bond acceptors (Lipinski definition) is 1. The number of hydrogen-bond donors (Lipinski definition) is 1. The molecule has 0 saturated heterocycles. The summed E-state index contributed by atoms with van der Waals surface area (Å²) in [5.41, 5.74) is 0.448. The molecule has 0 radical (unpaired) electrons. The second kappa shape index (κ2) is 3.97. The SMILES string of the molecule is CCCC(C)(C)C(C)NC. The van der Waals surface area contributed by atoms with E-state index in [1.807, 2.05) is 7.05 Å². The van der Waals surface area contributed by atoms with Crippen molar-refractivity contribution in [2.75, 3.05) is 7.05 Å². The Morgan fingerprint density at radius 2 is 1.90 bits per heavy atom. The van der Waals surface area contributed by atoms with Crippen LogP contribution in [0.25, 0.3) is 0 Å². The lowest BCUT2D eigenvalue weighted by atomic mass is 9.81. The first kappa shape index (κ1) is 9.96. The topological polar surface area (TPSA) is 12.0 Å². The molecule has 0 amide bonds. The van der Waals surface area contributed by atoms with E-state index in [9.17, 15) is 0 Å². The lowest BCUT2D eigenvalue weighted by Crippen LogP contribution is -2.37. The van der Waals surface area contributed by atoms with Crippen molar-refractivity contribution in [2.45, 2.75) is 46.6 Å². The minimum absolute atomic E-state index is 0.448. The van der Waals surface area contributed by atoms with Gasteiger partial charge in [0.2, 0.25) is 0 Å². The van der Waals surface area contributed by atoms with Gasteiger partial charge in [-0.1, -0.05) is 27.2 Å². The van der Waals surface area contributed by atoms with Crippen LogP contribution in [0, 0.1) is 5.41 Å². The summed E-state index contributed by atoms with van der Waals surface area (Å²) < 4.78 is 0. The molecule has 10 heavy (non-hydrogen) atoms. The maximum Gasteiger partial charge on any atom is 0.00869 e. The van der Waals surface area contributed by atoms with Crippen LogP contribution in [0.1, 0.15) is 40.5 Å². The van der Waals surface area contributed by atoms with E-state index in [4.69, 9.17) is 0 Å². The predicted octanol–water partition coefficient (Wildman–Crippen LogP) is 2.42. The molecule has 1 nitrogen and oxygen atoms in total. The second-order valence-corrected chi connectivity index (χ2v) is 3.75. The van der Waals surface area contributed by atoms with Crippen molar-refractivity contribution < 1.29 is 0 Å². The van der Waals surface area contributed by atoms with Crippen molar-refractivity contribution in [1.82, 2.24) is 5.32 Å². The summed E-state index contributed by atoms with van der Waals surface area (Å²) in [6.45, 7) is 9.12. The summed E-state index contributed by atoms with van der Waals surface area (Å²) >= 11 is 0. The minimum Gasteiger partial charge on any atom is -0.317 e. The number of rotatable bonds is 4. The summed E-state index contributed by atoms with van der Waals surface area (Å²) in [4.78, 5) is 0. The van der Waals surface area contributed by atoms with Gasteiger partial charge in [-0.15, -0.1) is 0 Å². The Kier molecular flexibility index (Phi) is 3.95. The van der Waals surface area contributed by atoms with Gasteiger partial charge in [-0.25, -0.2) is 0 Å². The average Bonchev–Trinajstić information content (AvgIpc) is 1.86. The summed E-state index contributed by atoms with van der Waals surface area (Å²) in [6.07, 6.45) is 2.58. The summed E-state index contributed by atoms with van der Waals surface area (Å²) in [5, 5.41) is 3.29. The zero-order valence-corrected chi connectivity index (χ0v) is 7.99. The van der Waals surface area contributed by atoms with Crippen LogP contribution in [-0.2, 0) is 0 Å². The normalized spacial score (nSPS) is 15.3. The Morgan fingerprint density at radius 1 is 1.40 bits per heavy atom. The van der Waals surface area contributed by atoms with E-state index in [1.165, 1.54) is 12.8 Å². The summed E-state index contributed by atoms with van der Waals surface area (Å²) in [5.74, 6) is 0. The van der Waals surface area contributed by atoms with Crippen LogP contribution in [-0.4, -0.2) is 13.1 Å². The van der Waals surface area contributed by atoms with Gasteiger partial charge in [0.15, 0.2) is 0 Å². The fourth-order valence-corrected chi connectivity index (χ4v) is 1.25. The zero-order valence-electron chi connectivity index (χ0n) is 7.99. The zero-order chi connectivity index (χ0) is 8.20. The smallest absolute Gasteiger partial charge is 0.00869 e. The summed E-state index contributed by atoms with van der Waals surface area (Å²) in [7, 11) is 2.03. The van der Waals surface area contributed by atoms with E-state index < -0.39 is 0 Å².